The van der Waals surface area contributed by atoms with Crippen LogP contribution in [0.3, 0.4) is 0 Å². The van der Waals surface area contributed by atoms with Crippen LogP contribution < -0.4 is 0 Å². The maximum atomic E-state index is 13.9. The van der Waals surface area contributed by atoms with Gasteiger partial charge in [-0.2, -0.15) is 0 Å². The van der Waals surface area contributed by atoms with Crippen molar-refractivity contribution in [3.63, 3.8) is 0 Å². The number of hydrogen-bond acceptors (Lipinski definition) is 4. The predicted octanol–water partition coefficient (Wildman–Crippen LogP) is 6.42. The lowest BCUT2D eigenvalue weighted by atomic mass is 9.43. The second kappa shape index (κ2) is 9.21. The lowest BCUT2D eigenvalue weighted by molar-refractivity contribution is -0.175. The van der Waals surface area contributed by atoms with Gasteiger partial charge in [-0.3, -0.25) is 14.4 Å². The summed E-state index contributed by atoms with van der Waals surface area (Å²) in [6.07, 6.45) is 10.4. The summed E-state index contributed by atoms with van der Waals surface area (Å²) in [7, 11) is 0. The highest BCUT2D eigenvalue weighted by Gasteiger charge is 2.66. The SMILES string of the molecule is CC(=O)O[C@H]1CC[C@@]2(C)[C@@H](CC(=O)[C@H]3[C@@H]4CC[C@H]([C@@H](C)/C=C/[C@@H](C)C(C)C)[C@@]4(C)CC(=O)[C@@H]32)C1. The zero-order chi connectivity index (χ0) is 25.0. The van der Waals surface area contributed by atoms with E-state index < -0.39 is 0 Å². The van der Waals surface area contributed by atoms with Crippen LogP contribution in [0.15, 0.2) is 12.2 Å². The summed E-state index contributed by atoms with van der Waals surface area (Å²) in [4.78, 5) is 39.1. The number of ketones is 2. The average Bonchev–Trinajstić information content (AvgIpc) is 3.08. The standard InChI is InChI=1S/C30H46O4/c1-17(2)18(3)8-9-19(4)23-10-11-24-27-25(32)15-21-14-22(34-20(5)31)12-13-29(21,6)28(27)26(33)16-30(23,24)7/h8-9,17-19,21-24,27-28H,10-16H2,1-7H3/b9-8+/t18-,19+,21-,22+,23-,24+,27-,28+,29+,30-/m1/s1. The topological polar surface area (TPSA) is 60.4 Å². The molecule has 4 rings (SSSR count). The van der Waals surface area contributed by atoms with Crippen LogP contribution in [0.2, 0.25) is 0 Å². The van der Waals surface area contributed by atoms with E-state index in [9.17, 15) is 14.4 Å². The molecular formula is C30H46O4. The minimum absolute atomic E-state index is 0.0864. The summed E-state index contributed by atoms with van der Waals surface area (Å²) >= 11 is 0. The summed E-state index contributed by atoms with van der Waals surface area (Å²) in [5, 5.41) is 0. The molecule has 0 spiro atoms. The number of ether oxygens (including phenoxy) is 1. The van der Waals surface area contributed by atoms with Crippen LogP contribution in [0, 0.1) is 58.2 Å². The molecule has 10 atom stereocenters. The number of carbonyl (C=O) groups is 3. The normalized spacial score (nSPS) is 43.9. The highest BCUT2D eigenvalue weighted by molar-refractivity contribution is 5.94. The Hall–Kier alpha value is -1.45. The van der Waals surface area contributed by atoms with Gasteiger partial charge in [0.25, 0.3) is 0 Å². The van der Waals surface area contributed by atoms with E-state index in [1.54, 1.807) is 0 Å². The van der Waals surface area contributed by atoms with Gasteiger partial charge in [-0.15, -0.1) is 0 Å². The Morgan fingerprint density at radius 3 is 2.35 bits per heavy atom. The second-order valence-corrected chi connectivity index (χ2v) is 13.2. The van der Waals surface area contributed by atoms with Crippen LogP contribution in [-0.4, -0.2) is 23.6 Å². The molecule has 0 aromatic rings. The molecule has 0 amide bonds. The first kappa shape index (κ1) is 25.6. The van der Waals surface area contributed by atoms with Gasteiger partial charge in [-0.1, -0.05) is 53.7 Å². The number of carbonyl (C=O) groups excluding carboxylic acids is 3. The van der Waals surface area contributed by atoms with E-state index in [-0.39, 0.29) is 40.7 Å². The van der Waals surface area contributed by atoms with Gasteiger partial charge in [0, 0.05) is 31.6 Å². The van der Waals surface area contributed by atoms with E-state index >= 15 is 0 Å². The lowest BCUT2D eigenvalue weighted by Gasteiger charge is -2.59. The Bertz CT molecular complexity index is 858. The first-order chi connectivity index (χ1) is 15.9. The minimum atomic E-state index is -0.249. The van der Waals surface area contributed by atoms with Gasteiger partial charge in [0.1, 0.15) is 17.7 Å². The Kier molecular flexibility index (Phi) is 6.94. The first-order valence-electron chi connectivity index (χ1n) is 13.8. The van der Waals surface area contributed by atoms with E-state index in [0.717, 1.165) is 32.1 Å². The third-order valence-electron chi connectivity index (χ3n) is 10.9. The average molecular weight is 471 g/mol. The van der Waals surface area contributed by atoms with E-state index in [1.807, 2.05) is 0 Å². The van der Waals surface area contributed by atoms with Crippen molar-refractivity contribution in [3.05, 3.63) is 12.2 Å². The van der Waals surface area contributed by atoms with Crippen molar-refractivity contribution in [3.8, 4) is 0 Å². The van der Waals surface area contributed by atoms with Crippen molar-refractivity contribution >= 4 is 17.5 Å². The number of allylic oxidation sites excluding steroid dienone is 2. The second-order valence-electron chi connectivity index (χ2n) is 13.2. The fourth-order valence-corrected chi connectivity index (χ4v) is 8.65. The Labute approximate surface area is 206 Å². The smallest absolute Gasteiger partial charge is 0.302 e. The highest BCUT2D eigenvalue weighted by Crippen LogP contribution is 2.66. The van der Waals surface area contributed by atoms with Gasteiger partial charge >= 0.3 is 5.97 Å². The van der Waals surface area contributed by atoms with E-state index in [4.69, 9.17) is 4.74 Å². The zero-order valence-electron chi connectivity index (χ0n) is 22.4. The molecule has 4 aliphatic carbocycles. The van der Waals surface area contributed by atoms with E-state index in [0.29, 0.717) is 54.0 Å². The van der Waals surface area contributed by atoms with Crippen molar-refractivity contribution in [1.82, 2.24) is 0 Å². The molecule has 0 bridgehead atoms. The Balaban J connectivity index is 1.57. The molecule has 4 fully saturated rings. The summed E-state index contributed by atoms with van der Waals surface area (Å²) in [6.45, 7) is 15.1. The lowest BCUT2D eigenvalue weighted by Crippen LogP contribution is -2.61. The largest absolute Gasteiger partial charge is 0.463 e. The molecule has 0 aromatic carbocycles. The molecule has 0 aliphatic heterocycles. The quantitative estimate of drug-likeness (QED) is 0.344. The molecule has 0 saturated heterocycles. The van der Waals surface area contributed by atoms with Crippen molar-refractivity contribution in [2.24, 2.45) is 58.2 Å². The van der Waals surface area contributed by atoms with Crippen molar-refractivity contribution in [1.29, 1.82) is 0 Å². The summed E-state index contributed by atoms with van der Waals surface area (Å²) in [5.74, 6) is 2.61. The van der Waals surface area contributed by atoms with Crippen molar-refractivity contribution in [2.45, 2.75) is 99.5 Å². The molecule has 34 heavy (non-hydrogen) atoms. The highest BCUT2D eigenvalue weighted by atomic mass is 16.5. The van der Waals surface area contributed by atoms with Crippen LogP contribution in [0.1, 0.15) is 93.4 Å². The molecule has 4 nitrogen and oxygen atoms in total. The monoisotopic (exact) mass is 470 g/mol. The molecule has 190 valence electrons. The van der Waals surface area contributed by atoms with Crippen LogP contribution in [-0.2, 0) is 19.1 Å². The number of hydrogen-bond donors (Lipinski definition) is 0. The fourth-order valence-electron chi connectivity index (χ4n) is 8.65. The maximum absolute atomic E-state index is 13.9. The molecule has 0 radical (unpaired) electrons. The Morgan fingerprint density at radius 1 is 1.00 bits per heavy atom. The number of rotatable bonds is 5. The van der Waals surface area contributed by atoms with E-state index in [1.165, 1.54) is 6.92 Å². The Morgan fingerprint density at radius 2 is 1.71 bits per heavy atom. The molecule has 4 aliphatic rings. The third kappa shape index (κ3) is 4.22. The fraction of sp³-hybridized carbons (Fsp3) is 0.833. The number of esters is 1. The minimum Gasteiger partial charge on any atom is -0.463 e. The van der Waals surface area contributed by atoms with Gasteiger partial charge in [0.15, 0.2) is 0 Å². The van der Waals surface area contributed by atoms with Crippen molar-refractivity contribution < 1.29 is 19.1 Å². The van der Waals surface area contributed by atoms with Gasteiger partial charge in [0.05, 0.1) is 0 Å². The molecule has 0 aromatic heterocycles. The van der Waals surface area contributed by atoms with Crippen LogP contribution in [0.4, 0.5) is 0 Å². The van der Waals surface area contributed by atoms with Gasteiger partial charge in [-0.25, -0.2) is 0 Å². The molecule has 4 heteroatoms. The number of Topliss-reactive ketones (excluding diaryl/α,β-unsaturated/α-hetero) is 2. The van der Waals surface area contributed by atoms with Crippen LogP contribution >= 0.6 is 0 Å². The van der Waals surface area contributed by atoms with Crippen LogP contribution in [0.25, 0.3) is 0 Å². The molecular weight excluding hydrogens is 424 g/mol. The summed E-state index contributed by atoms with van der Waals surface area (Å²) < 4.78 is 5.52. The molecule has 0 N–H and O–H groups in total. The van der Waals surface area contributed by atoms with E-state index in [2.05, 4.69) is 53.7 Å². The summed E-state index contributed by atoms with van der Waals surface area (Å²) in [5.41, 5.74) is -0.235. The van der Waals surface area contributed by atoms with Crippen LogP contribution in [0.5, 0.6) is 0 Å². The molecule has 0 unspecified atom stereocenters. The third-order valence-corrected chi connectivity index (χ3v) is 10.9. The van der Waals surface area contributed by atoms with Gasteiger partial charge < -0.3 is 4.74 Å². The zero-order valence-corrected chi connectivity index (χ0v) is 22.4. The maximum Gasteiger partial charge on any atom is 0.302 e. The van der Waals surface area contributed by atoms with Gasteiger partial charge in [-0.05, 0) is 78.4 Å². The first-order valence-corrected chi connectivity index (χ1v) is 13.8. The summed E-state index contributed by atoms with van der Waals surface area (Å²) in [6, 6.07) is 0. The number of fused-ring (bicyclic) bond motifs is 5. The van der Waals surface area contributed by atoms with Gasteiger partial charge in [0.2, 0.25) is 0 Å². The predicted molar refractivity (Wildman–Crippen MR) is 134 cm³/mol. The van der Waals surface area contributed by atoms with Crippen molar-refractivity contribution in [2.75, 3.05) is 0 Å². The molecule has 4 saturated carbocycles. The molecule has 0 heterocycles.